The molecule has 0 saturated carbocycles. The van der Waals surface area contributed by atoms with Crippen molar-refractivity contribution >= 4 is 38.9 Å². The summed E-state index contributed by atoms with van der Waals surface area (Å²) in [5, 5.41) is 9.58. The van der Waals surface area contributed by atoms with Crippen molar-refractivity contribution in [1.82, 2.24) is 15.5 Å². The fraction of sp³-hybridized carbons (Fsp3) is 0.308. The third-order valence-corrected chi connectivity index (χ3v) is 4.80. The van der Waals surface area contributed by atoms with E-state index in [4.69, 9.17) is 27.6 Å². The van der Waals surface area contributed by atoms with Gasteiger partial charge in [0, 0.05) is 18.0 Å². The summed E-state index contributed by atoms with van der Waals surface area (Å²) in [6, 6.07) is 6.61. The van der Waals surface area contributed by atoms with Crippen LogP contribution in [0.3, 0.4) is 0 Å². The van der Waals surface area contributed by atoms with E-state index in [1.165, 1.54) is 0 Å². The maximum atomic E-state index is 12.3. The molecule has 0 atom stereocenters. The van der Waals surface area contributed by atoms with Crippen molar-refractivity contribution in [3.8, 4) is 0 Å². The van der Waals surface area contributed by atoms with E-state index >= 15 is 0 Å². The third kappa shape index (κ3) is 4.92. The number of amides is 1. The Labute approximate surface area is 142 Å². The van der Waals surface area contributed by atoms with Gasteiger partial charge in [-0.15, -0.1) is 16.7 Å². The first-order valence-corrected chi connectivity index (χ1v) is 9.10. The molecule has 23 heavy (non-hydrogen) atoms. The van der Waals surface area contributed by atoms with E-state index in [2.05, 4.69) is 15.5 Å². The second kappa shape index (κ2) is 7.76. The number of halogens is 2. The Hall–Kier alpha value is -1.64. The standard InChI is InChI=1S/C13H13Cl2N3O4S/c14-7-11(19)16-6-5-12-17-18-13(22-12)23(20,21)8-9-3-1-2-4-10(9)15/h1-4H,5-8H2,(H,16,19). The number of hydrogen-bond donors (Lipinski definition) is 1. The van der Waals surface area contributed by atoms with Crippen molar-refractivity contribution in [2.45, 2.75) is 17.4 Å². The Balaban J connectivity index is 2.04. The fourth-order valence-electron chi connectivity index (χ4n) is 1.70. The molecule has 0 saturated heterocycles. The summed E-state index contributed by atoms with van der Waals surface area (Å²) in [6.07, 6.45) is 0.206. The number of carbonyl (C=O) groups excluding carboxylic acids is 1. The summed E-state index contributed by atoms with van der Waals surface area (Å²) in [5.74, 6) is -0.714. The molecule has 0 radical (unpaired) electrons. The number of nitrogens with one attached hydrogen (secondary N) is 1. The summed E-state index contributed by atoms with van der Waals surface area (Å²) >= 11 is 11.3. The Morgan fingerprint density at radius 3 is 2.70 bits per heavy atom. The molecule has 124 valence electrons. The van der Waals surface area contributed by atoms with Gasteiger partial charge in [0.15, 0.2) is 0 Å². The van der Waals surface area contributed by atoms with Gasteiger partial charge >= 0.3 is 5.22 Å². The van der Waals surface area contributed by atoms with Gasteiger partial charge < -0.3 is 9.73 Å². The van der Waals surface area contributed by atoms with Crippen LogP contribution >= 0.6 is 23.2 Å². The average molecular weight is 378 g/mol. The SMILES string of the molecule is O=C(CCl)NCCc1nnc(S(=O)(=O)Cc2ccccc2Cl)o1. The van der Waals surface area contributed by atoms with Crippen molar-refractivity contribution in [3.63, 3.8) is 0 Å². The lowest BCUT2D eigenvalue weighted by molar-refractivity contribution is -0.118. The molecule has 0 aliphatic carbocycles. The number of carbonyl (C=O) groups is 1. The lowest BCUT2D eigenvalue weighted by Gasteiger charge is -2.02. The van der Waals surface area contributed by atoms with Crippen LogP contribution in [0.5, 0.6) is 0 Å². The first-order valence-electron chi connectivity index (χ1n) is 6.53. The molecular formula is C13H13Cl2N3O4S. The monoisotopic (exact) mass is 377 g/mol. The first kappa shape index (κ1) is 17.7. The molecule has 0 spiro atoms. The minimum Gasteiger partial charge on any atom is -0.412 e. The molecule has 2 rings (SSSR count). The number of alkyl halides is 1. The lowest BCUT2D eigenvalue weighted by Crippen LogP contribution is -2.26. The van der Waals surface area contributed by atoms with E-state index in [-0.39, 0.29) is 36.4 Å². The molecule has 0 fully saturated rings. The van der Waals surface area contributed by atoms with Gasteiger partial charge in [-0.05, 0) is 11.6 Å². The largest absolute Gasteiger partial charge is 0.412 e. The number of rotatable bonds is 7. The molecule has 0 bridgehead atoms. The van der Waals surface area contributed by atoms with E-state index in [1.54, 1.807) is 24.3 Å². The predicted molar refractivity (Wildman–Crippen MR) is 84.1 cm³/mol. The van der Waals surface area contributed by atoms with Gasteiger partial charge in [0.1, 0.15) is 5.88 Å². The van der Waals surface area contributed by atoms with Crippen LogP contribution in [0.4, 0.5) is 0 Å². The van der Waals surface area contributed by atoms with Crippen LogP contribution in [-0.4, -0.2) is 36.9 Å². The molecule has 0 aliphatic rings. The second-order valence-electron chi connectivity index (χ2n) is 4.55. The molecule has 10 heteroatoms. The Kier molecular flexibility index (Phi) is 5.97. The number of nitrogens with zero attached hydrogens (tertiary/aromatic N) is 2. The smallest absolute Gasteiger partial charge is 0.335 e. The van der Waals surface area contributed by atoms with Gasteiger partial charge in [-0.25, -0.2) is 8.42 Å². The van der Waals surface area contributed by atoms with Gasteiger partial charge in [0.05, 0.1) is 5.75 Å². The normalized spacial score (nSPS) is 11.4. The fourth-order valence-corrected chi connectivity index (χ4v) is 3.25. The maximum Gasteiger partial charge on any atom is 0.335 e. The highest BCUT2D eigenvalue weighted by atomic mass is 35.5. The Morgan fingerprint density at radius 1 is 1.26 bits per heavy atom. The molecule has 7 nitrogen and oxygen atoms in total. The van der Waals surface area contributed by atoms with Crippen molar-refractivity contribution in [3.05, 3.63) is 40.7 Å². The molecule has 1 aromatic carbocycles. The number of benzene rings is 1. The number of aromatic nitrogens is 2. The van der Waals surface area contributed by atoms with Gasteiger partial charge in [0.2, 0.25) is 21.6 Å². The Bertz CT molecular complexity index is 792. The van der Waals surface area contributed by atoms with E-state index in [1.807, 2.05) is 0 Å². The minimum atomic E-state index is -3.79. The molecule has 1 aromatic heterocycles. The van der Waals surface area contributed by atoms with Gasteiger partial charge in [-0.3, -0.25) is 4.79 Å². The minimum absolute atomic E-state index is 0.109. The van der Waals surface area contributed by atoms with Crippen LogP contribution in [-0.2, 0) is 26.8 Å². The van der Waals surface area contributed by atoms with Crippen molar-refractivity contribution in [2.24, 2.45) is 0 Å². The zero-order chi connectivity index (χ0) is 16.9. The predicted octanol–water partition coefficient (Wildman–Crippen LogP) is 1.59. The van der Waals surface area contributed by atoms with Gasteiger partial charge in [-0.2, -0.15) is 0 Å². The molecule has 0 unspecified atom stereocenters. The van der Waals surface area contributed by atoms with E-state index in [0.29, 0.717) is 10.6 Å². The number of sulfone groups is 1. The molecule has 0 aliphatic heterocycles. The summed E-state index contributed by atoms with van der Waals surface area (Å²) in [5.41, 5.74) is 0.447. The molecular weight excluding hydrogens is 365 g/mol. The van der Waals surface area contributed by atoms with Crippen molar-refractivity contribution in [2.75, 3.05) is 12.4 Å². The highest BCUT2D eigenvalue weighted by molar-refractivity contribution is 7.90. The van der Waals surface area contributed by atoms with Crippen LogP contribution < -0.4 is 5.32 Å². The quantitative estimate of drug-likeness (QED) is 0.735. The highest BCUT2D eigenvalue weighted by Gasteiger charge is 2.24. The lowest BCUT2D eigenvalue weighted by atomic mass is 10.2. The average Bonchev–Trinajstić information content (AvgIpc) is 2.99. The zero-order valence-corrected chi connectivity index (χ0v) is 14.2. The van der Waals surface area contributed by atoms with E-state index in [0.717, 1.165) is 0 Å². The van der Waals surface area contributed by atoms with E-state index in [9.17, 15) is 13.2 Å². The molecule has 1 N–H and O–H groups in total. The zero-order valence-electron chi connectivity index (χ0n) is 11.8. The Morgan fingerprint density at radius 2 is 2.00 bits per heavy atom. The van der Waals surface area contributed by atoms with Crippen molar-refractivity contribution in [1.29, 1.82) is 0 Å². The van der Waals surface area contributed by atoms with Crippen LogP contribution in [0, 0.1) is 0 Å². The summed E-state index contributed by atoms with van der Waals surface area (Å²) in [4.78, 5) is 11.0. The first-order chi connectivity index (χ1) is 10.9. The topological polar surface area (TPSA) is 102 Å². The van der Waals surface area contributed by atoms with Crippen LogP contribution in [0.1, 0.15) is 11.5 Å². The second-order valence-corrected chi connectivity index (χ2v) is 7.09. The summed E-state index contributed by atoms with van der Waals surface area (Å²) in [6.45, 7) is 0.220. The molecule has 2 aromatic rings. The maximum absolute atomic E-state index is 12.3. The number of hydrogen-bond acceptors (Lipinski definition) is 6. The van der Waals surface area contributed by atoms with Crippen LogP contribution in [0.25, 0.3) is 0 Å². The van der Waals surface area contributed by atoms with Crippen LogP contribution in [0.2, 0.25) is 5.02 Å². The highest BCUT2D eigenvalue weighted by Crippen LogP contribution is 2.21. The third-order valence-electron chi connectivity index (χ3n) is 2.80. The van der Waals surface area contributed by atoms with Crippen LogP contribution in [0.15, 0.2) is 33.9 Å². The molecule has 1 amide bonds. The van der Waals surface area contributed by atoms with Crippen molar-refractivity contribution < 1.29 is 17.6 Å². The van der Waals surface area contributed by atoms with E-state index < -0.39 is 15.1 Å². The van der Waals surface area contributed by atoms with Gasteiger partial charge in [-0.1, -0.05) is 34.9 Å². The van der Waals surface area contributed by atoms with Gasteiger partial charge in [0.25, 0.3) is 0 Å². The summed E-state index contributed by atoms with van der Waals surface area (Å²) < 4.78 is 29.6. The summed E-state index contributed by atoms with van der Waals surface area (Å²) in [7, 11) is -3.79. The molecule has 1 heterocycles.